The van der Waals surface area contributed by atoms with Gasteiger partial charge in [0.1, 0.15) is 18.2 Å². The first-order chi connectivity index (χ1) is 18.9. The van der Waals surface area contributed by atoms with E-state index in [2.05, 4.69) is 26.2 Å². The van der Waals surface area contributed by atoms with Crippen molar-refractivity contribution in [2.45, 2.75) is 20.0 Å². The molecule has 3 aromatic carbocycles. The van der Waals surface area contributed by atoms with Crippen LogP contribution in [-0.4, -0.2) is 29.0 Å². The molecule has 39 heavy (non-hydrogen) atoms. The van der Waals surface area contributed by atoms with Crippen molar-refractivity contribution in [3.63, 3.8) is 0 Å². The number of amides is 1. The number of nitro groups is 1. The highest BCUT2D eigenvalue weighted by molar-refractivity contribution is 9.10. The van der Waals surface area contributed by atoms with E-state index in [1.54, 1.807) is 24.3 Å². The smallest absolute Gasteiger partial charge is 0.269 e. The molecule has 1 heterocycles. The summed E-state index contributed by atoms with van der Waals surface area (Å²) in [6.45, 7) is 2.63. The SMILES string of the molecule is CCOc1cc(/C=C(/C#N)C(=O)NCCc2c[nH]c3ccccc23)cc(Br)c1OCc1cccc([N+](=O)[O-])c1. The summed E-state index contributed by atoms with van der Waals surface area (Å²) in [6, 6.07) is 19.5. The molecule has 10 heteroatoms. The van der Waals surface area contributed by atoms with E-state index in [-0.39, 0.29) is 17.9 Å². The molecule has 9 nitrogen and oxygen atoms in total. The molecule has 4 rings (SSSR count). The summed E-state index contributed by atoms with van der Waals surface area (Å²) in [5, 5.41) is 24.6. The van der Waals surface area contributed by atoms with Crippen LogP contribution in [-0.2, 0) is 17.8 Å². The minimum absolute atomic E-state index is 0.0237. The van der Waals surface area contributed by atoms with Crippen molar-refractivity contribution in [3.05, 3.63) is 104 Å². The Morgan fingerprint density at radius 3 is 2.77 bits per heavy atom. The van der Waals surface area contributed by atoms with Gasteiger partial charge < -0.3 is 19.8 Å². The van der Waals surface area contributed by atoms with E-state index < -0.39 is 10.8 Å². The normalized spacial score (nSPS) is 11.2. The highest BCUT2D eigenvalue weighted by Gasteiger charge is 2.15. The van der Waals surface area contributed by atoms with Crippen LogP contribution in [0.3, 0.4) is 0 Å². The van der Waals surface area contributed by atoms with Gasteiger partial charge in [0.25, 0.3) is 11.6 Å². The monoisotopic (exact) mass is 588 g/mol. The number of aromatic amines is 1. The van der Waals surface area contributed by atoms with Gasteiger partial charge in [-0.2, -0.15) is 5.26 Å². The van der Waals surface area contributed by atoms with Crippen LogP contribution in [0.4, 0.5) is 5.69 Å². The number of carbonyl (C=O) groups is 1. The van der Waals surface area contributed by atoms with Gasteiger partial charge in [-0.15, -0.1) is 0 Å². The Kier molecular flexibility index (Phi) is 8.97. The number of halogens is 1. The highest BCUT2D eigenvalue weighted by Crippen LogP contribution is 2.38. The fourth-order valence-electron chi connectivity index (χ4n) is 4.05. The van der Waals surface area contributed by atoms with E-state index in [9.17, 15) is 20.2 Å². The van der Waals surface area contributed by atoms with Crippen LogP contribution in [0.25, 0.3) is 17.0 Å². The average molecular weight is 589 g/mol. The van der Waals surface area contributed by atoms with Gasteiger partial charge in [0.15, 0.2) is 11.5 Å². The van der Waals surface area contributed by atoms with E-state index in [4.69, 9.17) is 9.47 Å². The number of nitrogens with zero attached hydrogens (tertiary/aromatic N) is 2. The van der Waals surface area contributed by atoms with Crippen molar-refractivity contribution in [1.29, 1.82) is 5.26 Å². The second kappa shape index (κ2) is 12.8. The molecule has 0 fully saturated rings. The van der Waals surface area contributed by atoms with Crippen molar-refractivity contribution < 1.29 is 19.2 Å². The Morgan fingerprint density at radius 1 is 1.18 bits per heavy atom. The van der Waals surface area contributed by atoms with Gasteiger partial charge in [-0.3, -0.25) is 14.9 Å². The highest BCUT2D eigenvalue weighted by atomic mass is 79.9. The lowest BCUT2D eigenvalue weighted by Crippen LogP contribution is -2.26. The number of non-ortho nitro benzene ring substituents is 1. The van der Waals surface area contributed by atoms with Crippen molar-refractivity contribution in [1.82, 2.24) is 10.3 Å². The lowest BCUT2D eigenvalue weighted by Gasteiger charge is -2.15. The molecule has 0 saturated heterocycles. The average Bonchev–Trinajstić information content (AvgIpc) is 3.34. The quantitative estimate of drug-likeness (QED) is 0.0944. The molecule has 0 unspecified atom stereocenters. The van der Waals surface area contributed by atoms with Crippen LogP contribution in [0.2, 0.25) is 0 Å². The molecule has 4 aromatic rings. The predicted octanol–water partition coefficient (Wildman–Crippen LogP) is 6.08. The molecule has 198 valence electrons. The van der Waals surface area contributed by atoms with Crippen LogP contribution < -0.4 is 14.8 Å². The molecule has 0 aliphatic heterocycles. The molecular formula is C29H25BrN4O5. The number of rotatable bonds is 11. The zero-order valence-corrected chi connectivity index (χ0v) is 22.7. The summed E-state index contributed by atoms with van der Waals surface area (Å²) in [5.41, 5.74) is 3.23. The maximum absolute atomic E-state index is 12.7. The molecule has 1 amide bonds. The summed E-state index contributed by atoms with van der Waals surface area (Å²) in [7, 11) is 0. The fraction of sp³-hybridized carbons (Fsp3) is 0.172. The zero-order chi connectivity index (χ0) is 27.8. The van der Waals surface area contributed by atoms with E-state index in [1.807, 2.05) is 43.5 Å². The molecule has 0 atom stereocenters. The van der Waals surface area contributed by atoms with Crippen molar-refractivity contribution in [2.24, 2.45) is 0 Å². The number of hydrogen-bond donors (Lipinski definition) is 2. The van der Waals surface area contributed by atoms with Gasteiger partial charge in [-0.1, -0.05) is 30.3 Å². The Balaban J connectivity index is 1.46. The summed E-state index contributed by atoms with van der Waals surface area (Å²) < 4.78 is 12.2. The number of nitriles is 1. The minimum atomic E-state index is -0.475. The Labute approximate surface area is 233 Å². The third-order valence-electron chi connectivity index (χ3n) is 5.87. The molecule has 0 aliphatic rings. The van der Waals surface area contributed by atoms with Crippen molar-refractivity contribution in [2.75, 3.05) is 13.2 Å². The Morgan fingerprint density at radius 2 is 2.00 bits per heavy atom. The second-order valence-corrected chi connectivity index (χ2v) is 9.37. The van der Waals surface area contributed by atoms with Gasteiger partial charge in [-0.05, 0) is 70.2 Å². The minimum Gasteiger partial charge on any atom is -0.490 e. The number of aromatic nitrogens is 1. The van der Waals surface area contributed by atoms with Gasteiger partial charge in [0, 0.05) is 35.8 Å². The maximum Gasteiger partial charge on any atom is 0.269 e. The fourth-order valence-corrected chi connectivity index (χ4v) is 4.62. The first-order valence-electron chi connectivity index (χ1n) is 12.2. The molecule has 0 spiro atoms. The summed E-state index contributed by atoms with van der Waals surface area (Å²) in [6.07, 6.45) is 4.02. The number of benzene rings is 3. The van der Waals surface area contributed by atoms with Gasteiger partial charge in [-0.25, -0.2) is 0 Å². The molecule has 0 bridgehead atoms. The lowest BCUT2D eigenvalue weighted by molar-refractivity contribution is -0.384. The number of para-hydroxylation sites is 1. The number of H-pyrrole nitrogens is 1. The molecular weight excluding hydrogens is 564 g/mol. The van der Waals surface area contributed by atoms with E-state index in [0.717, 1.165) is 16.5 Å². The Bertz CT molecular complexity index is 1590. The van der Waals surface area contributed by atoms with Crippen molar-refractivity contribution >= 4 is 44.5 Å². The number of ether oxygens (including phenoxy) is 2. The number of hydrogen-bond acceptors (Lipinski definition) is 6. The maximum atomic E-state index is 12.7. The largest absolute Gasteiger partial charge is 0.490 e. The third kappa shape index (κ3) is 6.83. The molecule has 2 N–H and O–H groups in total. The first kappa shape index (κ1) is 27.4. The topological polar surface area (TPSA) is 130 Å². The lowest BCUT2D eigenvalue weighted by atomic mass is 10.1. The van der Waals surface area contributed by atoms with Crippen LogP contribution >= 0.6 is 15.9 Å². The molecule has 0 saturated carbocycles. The number of carbonyl (C=O) groups excluding carboxylic acids is 1. The standard InChI is InChI=1S/C29H25BrN4O5/c1-2-38-27-15-20(14-25(30)28(27)39-18-19-6-5-7-23(13-19)34(36)37)12-22(16-31)29(35)32-11-10-21-17-33-26-9-4-3-8-24(21)26/h3-9,12-15,17,33H,2,10-11,18H2,1H3,(H,32,35)/b22-12-. The summed E-state index contributed by atoms with van der Waals surface area (Å²) in [5.74, 6) is 0.334. The molecule has 1 aromatic heterocycles. The number of fused-ring (bicyclic) bond motifs is 1. The molecule has 0 aliphatic carbocycles. The summed E-state index contributed by atoms with van der Waals surface area (Å²) >= 11 is 3.48. The van der Waals surface area contributed by atoms with Crippen LogP contribution in [0, 0.1) is 21.4 Å². The van der Waals surface area contributed by atoms with Crippen molar-refractivity contribution in [3.8, 4) is 17.6 Å². The van der Waals surface area contributed by atoms with E-state index in [1.165, 1.54) is 18.2 Å². The first-order valence-corrected chi connectivity index (χ1v) is 13.0. The summed E-state index contributed by atoms with van der Waals surface area (Å²) in [4.78, 5) is 26.6. The van der Waals surface area contributed by atoms with E-state index >= 15 is 0 Å². The predicted molar refractivity (Wildman–Crippen MR) is 151 cm³/mol. The van der Waals surface area contributed by atoms with Crippen LogP contribution in [0.5, 0.6) is 11.5 Å². The van der Waals surface area contributed by atoms with Gasteiger partial charge in [0.05, 0.1) is 16.0 Å². The van der Waals surface area contributed by atoms with Gasteiger partial charge in [0.2, 0.25) is 0 Å². The zero-order valence-electron chi connectivity index (χ0n) is 21.1. The third-order valence-corrected chi connectivity index (χ3v) is 6.46. The number of nitrogens with one attached hydrogen (secondary N) is 2. The van der Waals surface area contributed by atoms with E-state index in [0.29, 0.717) is 46.7 Å². The van der Waals surface area contributed by atoms with Crippen LogP contribution in [0.15, 0.2) is 76.9 Å². The Hall–Kier alpha value is -4.62. The molecule has 0 radical (unpaired) electrons. The second-order valence-electron chi connectivity index (χ2n) is 8.51. The number of nitro benzene ring substituents is 1. The van der Waals surface area contributed by atoms with Gasteiger partial charge >= 0.3 is 0 Å². The van der Waals surface area contributed by atoms with Crippen LogP contribution in [0.1, 0.15) is 23.6 Å².